The molecule has 2 heterocycles. The van der Waals surface area contributed by atoms with Crippen molar-refractivity contribution in [3.63, 3.8) is 0 Å². The first-order chi connectivity index (χ1) is 12.7. The zero-order valence-corrected chi connectivity index (χ0v) is 15.3. The summed E-state index contributed by atoms with van der Waals surface area (Å²) in [6.45, 7) is 6.70. The van der Waals surface area contributed by atoms with E-state index in [1.165, 1.54) is 22.6 Å². The van der Waals surface area contributed by atoms with Crippen molar-refractivity contribution in [2.24, 2.45) is 4.99 Å². The van der Waals surface area contributed by atoms with Gasteiger partial charge in [-0.3, -0.25) is 4.99 Å². The van der Waals surface area contributed by atoms with Crippen molar-refractivity contribution in [3.8, 4) is 17.2 Å². The number of hydrogen-bond donors (Lipinski definition) is 0. The second-order valence-electron chi connectivity index (χ2n) is 6.48. The van der Waals surface area contributed by atoms with Crippen LogP contribution in [0.4, 0.5) is 5.69 Å². The first-order valence-electron chi connectivity index (χ1n) is 8.87. The van der Waals surface area contributed by atoms with Crippen LogP contribution < -0.4 is 9.47 Å². The molecule has 0 radical (unpaired) electrons. The maximum Gasteiger partial charge on any atom is 0.231 e. The molecule has 0 N–H and O–H groups in total. The predicted octanol–water partition coefficient (Wildman–Crippen LogP) is 5.14. The Balaban J connectivity index is 1.63. The summed E-state index contributed by atoms with van der Waals surface area (Å²) in [6, 6.07) is 16.6. The average molecular weight is 346 g/mol. The van der Waals surface area contributed by atoms with E-state index in [1.54, 1.807) is 0 Å². The molecule has 0 unspecified atom stereocenters. The van der Waals surface area contributed by atoms with Gasteiger partial charge in [0.1, 0.15) is 0 Å². The smallest absolute Gasteiger partial charge is 0.231 e. The number of nitrogens with zero attached hydrogens (tertiary/aromatic N) is 2. The number of aryl methyl sites for hydroxylation is 2. The van der Waals surface area contributed by atoms with Crippen LogP contribution in [0.5, 0.6) is 11.5 Å². The van der Waals surface area contributed by atoms with Crippen LogP contribution >= 0.6 is 0 Å². The lowest BCUT2D eigenvalue weighted by atomic mass is 10.1. The van der Waals surface area contributed by atoms with Crippen LogP contribution in [0.15, 0.2) is 53.5 Å². The van der Waals surface area contributed by atoms with Crippen molar-refractivity contribution >= 4 is 11.9 Å². The van der Waals surface area contributed by atoms with Gasteiger partial charge in [0.05, 0.1) is 5.69 Å². The zero-order chi connectivity index (χ0) is 18.1. The molecule has 1 aliphatic heterocycles. The molecule has 0 aliphatic carbocycles. The molecule has 4 heteroatoms. The first kappa shape index (κ1) is 16.5. The van der Waals surface area contributed by atoms with Gasteiger partial charge < -0.3 is 14.0 Å². The second-order valence-corrected chi connectivity index (χ2v) is 6.48. The molecule has 0 amide bonds. The van der Waals surface area contributed by atoms with Crippen molar-refractivity contribution in [3.05, 3.63) is 71.0 Å². The molecule has 1 aliphatic rings. The average Bonchev–Trinajstić information content (AvgIpc) is 3.23. The molecule has 0 fully saturated rings. The fraction of sp³-hybridized carbons (Fsp3) is 0.227. The number of fused-ring (bicyclic) bond motifs is 1. The van der Waals surface area contributed by atoms with Crippen molar-refractivity contribution < 1.29 is 9.47 Å². The molecular formula is C22H22N2O2. The minimum atomic E-state index is 0.278. The Hall–Kier alpha value is -3.01. The molecule has 0 spiro atoms. The predicted molar refractivity (Wildman–Crippen MR) is 104 cm³/mol. The zero-order valence-electron chi connectivity index (χ0n) is 15.3. The van der Waals surface area contributed by atoms with E-state index in [0.717, 1.165) is 29.2 Å². The number of benzene rings is 2. The van der Waals surface area contributed by atoms with Crippen molar-refractivity contribution in [1.29, 1.82) is 0 Å². The minimum absolute atomic E-state index is 0.278. The molecule has 0 atom stereocenters. The summed E-state index contributed by atoms with van der Waals surface area (Å²) in [5, 5.41) is 0. The summed E-state index contributed by atoms with van der Waals surface area (Å²) in [7, 11) is 0. The fourth-order valence-electron chi connectivity index (χ4n) is 3.31. The molecule has 3 aromatic rings. The molecular weight excluding hydrogens is 324 g/mol. The fourth-order valence-corrected chi connectivity index (χ4v) is 3.31. The van der Waals surface area contributed by atoms with Gasteiger partial charge in [-0.15, -0.1) is 0 Å². The molecule has 2 aromatic carbocycles. The molecule has 4 nitrogen and oxygen atoms in total. The number of ether oxygens (including phenoxy) is 2. The summed E-state index contributed by atoms with van der Waals surface area (Å²) < 4.78 is 13.0. The van der Waals surface area contributed by atoms with E-state index in [1.807, 2.05) is 24.4 Å². The van der Waals surface area contributed by atoms with E-state index >= 15 is 0 Å². The van der Waals surface area contributed by atoms with E-state index in [4.69, 9.17) is 9.47 Å². The summed E-state index contributed by atoms with van der Waals surface area (Å²) >= 11 is 0. The van der Waals surface area contributed by atoms with E-state index in [-0.39, 0.29) is 6.79 Å². The molecule has 132 valence electrons. The van der Waals surface area contributed by atoms with Gasteiger partial charge in [-0.1, -0.05) is 19.1 Å². The highest BCUT2D eigenvalue weighted by Crippen LogP contribution is 2.35. The van der Waals surface area contributed by atoms with Crippen LogP contribution in [-0.2, 0) is 6.42 Å². The van der Waals surface area contributed by atoms with Gasteiger partial charge in [0.2, 0.25) is 6.79 Å². The van der Waals surface area contributed by atoms with Gasteiger partial charge in [0, 0.05) is 34.9 Å². The third kappa shape index (κ3) is 2.99. The Morgan fingerprint density at radius 2 is 1.77 bits per heavy atom. The van der Waals surface area contributed by atoms with Crippen LogP contribution in [-0.4, -0.2) is 17.6 Å². The monoisotopic (exact) mass is 346 g/mol. The molecule has 0 bridgehead atoms. The topological polar surface area (TPSA) is 35.8 Å². The Morgan fingerprint density at radius 3 is 2.54 bits per heavy atom. The van der Waals surface area contributed by atoms with E-state index in [9.17, 15) is 0 Å². The maximum atomic E-state index is 5.41. The van der Waals surface area contributed by atoms with Gasteiger partial charge in [-0.05, 0) is 56.2 Å². The number of hydrogen-bond acceptors (Lipinski definition) is 3. The highest BCUT2D eigenvalue weighted by molar-refractivity contribution is 5.84. The van der Waals surface area contributed by atoms with Crippen LogP contribution in [0.1, 0.15) is 29.4 Å². The van der Waals surface area contributed by atoms with Crippen molar-refractivity contribution in [2.75, 3.05) is 6.79 Å². The normalized spacial score (nSPS) is 12.9. The van der Waals surface area contributed by atoms with Gasteiger partial charge >= 0.3 is 0 Å². The quantitative estimate of drug-likeness (QED) is 0.614. The van der Waals surface area contributed by atoms with Gasteiger partial charge in [-0.2, -0.15) is 0 Å². The Morgan fingerprint density at radius 1 is 1.00 bits per heavy atom. The number of aliphatic imine (C=N–C) groups is 1. The first-order valence-corrected chi connectivity index (χ1v) is 8.87. The van der Waals surface area contributed by atoms with Gasteiger partial charge in [-0.25, -0.2) is 0 Å². The number of rotatable bonds is 4. The Kier molecular flexibility index (Phi) is 4.25. The van der Waals surface area contributed by atoms with Crippen molar-refractivity contribution in [1.82, 2.24) is 4.57 Å². The third-order valence-electron chi connectivity index (χ3n) is 4.78. The molecule has 4 rings (SSSR count). The summed E-state index contributed by atoms with van der Waals surface area (Å²) in [6.07, 6.45) is 2.97. The standard InChI is InChI=1S/C22H22N2O2/c1-4-17-5-8-20(9-6-17)24-15(2)11-18(16(24)3)13-23-19-7-10-21-22(12-19)26-14-25-21/h5-13H,4,14H2,1-3H3. The largest absolute Gasteiger partial charge is 0.454 e. The van der Waals surface area contributed by atoms with Crippen LogP contribution in [0.2, 0.25) is 0 Å². The summed E-state index contributed by atoms with van der Waals surface area (Å²) in [4.78, 5) is 4.62. The van der Waals surface area contributed by atoms with Gasteiger partial charge in [0.25, 0.3) is 0 Å². The van der Waals surface area contributed by atoms with Gasteiger partial charge in [0.15, 0.2) is 11.5 Å². The molecule has 0 saturated heterocycles. The lowest BCUT2D eigenvalue weighted by Crippen LogP contribution is -1.99. The second kappa shape index (κ2) is 6.71. The SMILES string of the molecule is CCc1ccc(-n2c(C)cc(C=Nc3ccc4c(c3)OCO4)c2C)cc1. The third-order valence-corrected chi connectivity index (χ3v) is 4.78. The van der Waals surface area contributed by atoms with E-state index in [2.05, 4.69) is 60.7 Å². The van der Waals surface area contributed by atoms with Crippen LogP contribution in [0.25, 0.3) is 5.69 Å². The highest BCUT2D eigenvalue weighted by Gasteiger charge is 2.13. The Labute approximate surface area is 153 Å². The van der Waals surface area contributed by atoms with E-state index in [0.29, 0.717) is 0 Å². The number of aromatic nitrogens is 1. The Bertz CT molecular complexity index is 969. The molecule has 26 heavy (non-hydrogen) atoms. The lowest BCUT2D eigenvalue weighted by Gasteiger charge is -2.10. The molecule has 1 aromatic heterocycles. The molecule has 0 saturated carbocycles. The minimum Gasteiger partial charge on any atom is -0.454 e. The van der Waals surface area contributed by atoms with Crippen LogP contribution in [0, 0.1) is 13.8 Å². The highest BCUT2D eigenvalue weighted by atomic mass is 16.7. The lowest BCUT2D eigenvalue weighted by molar-refractivity contribution is 0.174. The van der Waals surface area contributed by atoms with Crippen LogP contribution in [0.3, 0.4) is 0 Å². The maximum absolute atomic E-state index is 5.41. The summed E-state index contributed by atoms with van der Waals surface area (Å²) in [5.41, 5.74) is 6.86. The van der Waals surface area contributed by atoms with Crippen molar-refractivity contribution in [2.45, 2.75) is 27.2 Å². The van der Waals surface area contributed by atoms with E-state index < -0.39 is 0 Å². The summed E-state index contributed by atoms with van der Waals surface area (Å²) in [5.74, 6) is 1.53.